The number of nitrogens with one attached hydrogen (secondary N) is 1. The van der Waals surface area contributed by atoms with Crippen LogP contribution >= 0.6 is 23.2 Å². The lowest BCUT2D eigenvalue weighted by atomic mass is 10.1. The number of aryl methyl sites for hydroxylation is 1. The van der Waals surface area contributed by atoms with Crippen LogP contribution in [0.2, 0.25) is 10.0 Å². The molecule has 10 heteroatoms. The molecule has 1 N–H and O–H groups in total. The summed E-state index contributed by atoms with van der Waals surface area (Å²) in [7, 11) is 1.74. The Morgan fingerprint density at radius 3 is 2.61 bits per heavy atom. The number of aromatic nitrogens is 4. The highest BCUT2D eigenvalue weighted by atomic mass is 35.5. The Labute approximate surface area is 202 Å². The van der Waals surface area contributed by atoms with Crippen molar-refractivity contribution in [3.05, 3.63) is 62.8 Å². The largest absolute Gasteiger partial charge is 0.374 e. The monoisotopic (exact) mass is 488 g/mol. The van der Waals surface area contributed by atoms with Crippen molar-refractivity contribution < 1.29 is 4.74 Å². The zero-order chi connectivity index (χ0) is 23.5. The van der Waals surface area contributed by atoms with Gasteiger partial charge in [0.15, 0.2) is 0 Å². The summed E-state index contributed by atoms with van der Waals surface area (Å²) in [5.74, 6) is 1.32. The molecule has 3 aromatic rings. The fraction of sp³-hybridized carbons (Fsp3) is 0.391. The van der Waals surface area contributed by atoms with Gasteiger partial charge < -0.3 is 15.0 Å². The Morgan fingerprint density at radius 2 is 1.94 bits per heavy atom. The normalized spacial score (nSPS) is 18.0. The maximum absolute atomic E-state index is 13.3. The van der Waals surface area contributed by atoms with Crippen molar-refractivity contribution in [3.63, 3.8) is 0 Å². The number of rotatable bonds is 7. The molecule has 0 saturated carbocycles. The minimum atomic E-state index is -0.242. The van der Waals surface area contributed by atoms with Crippen molar-refractivity contribution in [2.45, 2.75) is 32.4 Å². The van der Waals surface area contributed by atoms with Gasteiger partial charge in [0.1, 0.15) is 11.5 Å². The Balaban J connectivity index is 1.68. The third kappa shape index (κ3) is 4.83. The number of halogens is 2. The summed E-state index contributed by atoms with van der Waals surface area (Å²) >= 11 is 12.4. The first kappa shape index (κ1) is 23.5. The van der Waals surface area contributed by atoms with Crippen molar-refractivity contribution in [3.8, 4) is 11.3 Å². The van der Waals surface area contributed by atoms with Gasteiger partial charge in [0.2, 0.25) is 5.95 Å². The molecule has 1 aromatic carbocycles. The van der Waals surface area contributed by atoms with Crippen molar-refractivity contribution in [1.29, 1.82) is 0 Å². The summed E-state index contributed by atoms with van der Waals surface area (Å²) in [5.41, 5.74) is 1.38. The van der Waals surface area contributed by atoms with E-state index >= 15 is 0 Å². The van der Waals surface area contributed by atoms with E-state index in [1.54, 1.807) is 48.3 Å². The van der Waals surface area contributed by atoms with Crippen LogP contribution in [0.3, 0.4) is 0 Å². The second-order valence-corrected chi connectivity index (χ2v) is 8.64. The minimum absolute atomic E-state index is 0.0728. The molecule has 0 spiro atoms. The fourth-order valence-electron chi connectivity index (χ4n) is 4.06. The first-order chi connectivity index (χ1) is 15.9. The van der Waals surface area contributed by atoms with Gasteiger partial charge in [0, 0.05) is 49.7 Å². The van der Waals surface area contributed by atoms with Gasteiger partial charge in [-0.15, -0.1) is 0 Å². The lowest BCUT2D eigenvalue weighted by Gasteiger charge is -2.24. The molecule has 1 saturated heterocycles. The van der Waals surface area contributed by atoms with Gasteiger partial charge in [-0.25, -0.2) is 15.0 Å². The number of ether oxygens (including phenoxy) is 1. The van der Waals surface area contributed by atoms with E-state index in [2.05, 4.69) is 20.2 Å². The number of nitrogens with zero attached hydrogens (tertiary/aromatic N) is 5. The van der Waals surface area contributed by atoms with E-state index in [9.17, 15) is 4.79 Å². The average molecular weight is 489 g/mol. The molecule has 0 bridgehead atoms. The highest BCUT2D eigenvalue weighted by Gasteiger charge is 2.35. The van der Waals surface area contributed by atoms with Gasteiger partial charge in [-0.3, -0.25) is 9.36 Å². The topological polar surface area (TPSA) is 85.2 Å². The van der Waals surface area contributed by atoms with Crippen LogP contribution in [0.25, 0.3) is 11.3 Å². The van der Waals surface area contributed by atoms with E-state index in [1.165, 1.54) is 0 Å². The van der Waals surface area contributed by atoms with Crippen molar-refractivity contribution in [2.24, 2.45) is 7.05 Å². The van der Waals surface area contributed by atoms with Crippen LogP contribution in [0.15, 0.2) is 41.5 Å². The minimum Gasteiger partial charge on any atom is -0.374 e. The number of anilines is 2. The maximum atomic E-state index is 13.3. The van der Waals surface area contributed by atoms with Crippen LogP contribution in [0.5, 0.6) is 0 Å². The van der Waals surface area contributed by atoms with Gasteiger partial charge in [-0.2, -0.15) is 0 Å². The molecule has 1 aliphatic rings. The standard InChI is InChI=1S/C23H26Cl2N6O2/c1-4-17-21(30(3)22(32)20(28-17)15-8-7-14(24)11-16(15)25)29-18-12-31(13-19(18)33-5-2)23-26-9-6-10-27-23/h6-11,18-19,29H,4-5,12-13H2,1-3H3/t18-,19-/m1/s1. The van der Waals surface area contributed by atoms with Gasteiger partial charge in [-0.1, -0.05) is 30.1 Å². The molecule has 4 rings (SSSR count). The van der Waals surface area contributed by atoms with Gasteiger partial charge in [0.25, 0.3) is 5.56 Å². The van der Waals surface area contributed by atoms with E-state index in [4.69, 9.17) is 32.9 Å². The highest BCUT2D eigenvalue weighted by molar-refractivity contribution is 6.36. The Morgan fingerprint density at radius 1 is 1.18 bits per heavy atom. The molecule has 8 nitrogen and oxygen atoms in total. The van der Waals surface area contributed by atoms with E-state index < -0.39 is 0 Å². The first-order valence-electron chi connectivity index (χ1n) is 10.9. The van der Waals surface area contributed by atoms with E-state index in [0.717, 1.165) is 5.69 Å². The van der Waals surface area contributed by atoms with Crippen molar-refractivity contribution in [1.82, 2.24) is 19.5 Å². The van der Waals surface area contributed by atoms with E-state index in [0.29, 0.717) is 59.2 Å². The Kier molecular flexibility index (Phi) is 7.17. The summed E-state index contributed by atoms with van der Waals surface area (Å²) in [5, 5.41) is 4.42. The fourth-order valence-corrected chi connectivity index (χ4v) is 4.56. The molecular weight excluding hydrogens is 463 g/mol. The molecule has 0 aliphatic carbocycles. The summed E-state index contributed by atoms with van der Waals surface area (Å²) in [6.45, 7) is 5.84. The second-order valence-electron chi connectivity index (χ2n) is 7.80. The van der Waals surface area contributed by atoms with Crippen LogP contribution in [-0.4, -0.2) is 51.4 Å². The Hall–Kier alpha value is -2.68. The zero-order valence-corrected chi connectivity index (χ0v) is 20.3. The maximum Gasteiger partial charge on any atom is 0.278 e. The molecule has 0 unspecified atom stereocenters. The molecule has 2 aromatic heterocycles. The lowest BCUT2D eigenvalue weighted by Crippen LogP contribution is -2.37. The summed E-state index contributed by atoms with van der Waals surface area (Å²) in [6, 6.07) is 6.76. The summed E-state index contributed by atoms with van der Waals surface area (Å²) < 4.78 is 7.60. The predicted octanol–water partition coefficient (Wildman–Crippen LogP) is 3.81. The molecule has 33 heavy (non-hydrogen) atoms. The van der Waals surface area contributed by atoms with Crippen molar-refractivity contribution >= 4 is 35.0 Å². The number of hydrogen-bond donors (Lipinski definition) is 1. The second kappa shape index (κ2) is 10.1. The molecule has 1 fully saturated rings. The molecular formula is C23H26Cl2N6O2. The number of hydrogen-bond acceptors (Lipinski definition) is 7. The zero-order valence-electron chi connectivity index (χ0n) is 18.8. The van der Waals surface area contributed by atoms with Gasteiger partial charge in [-0.05, 0) is 37.6 Å². The van der Waals surface area contributed by atoms with Crippen LogP contribution < -0.4 is 15.8 Å². The predicted molar refractivity (Wildman–Crippen MR) is 131 cm³/mol. The quantitative estimate of drug-likeness (QED) is 0.540. The number of benzene rings is 1. The van der Waals surface area contributed by atoms with Crippen LogP contribution in [0.4, 0.5) is 11.8 Å². The van der Waals surface area contributed by atoms with Crippen LogP contribution in [0.1, 0.15) is 19.5 Å². The van der Waals surface area contributed by atoms with Gasteiger partial charge in [0.05, 0.1) is 22.9 Å². The highest BCUT2D eigenvalue weighted by Crippen LogP contribution is 2.29. The molecule has 174 valence electrons. The smallest absolute Gasteiger partial charge is 0.278 e. The Bertz CT molecular complexity index is 1190. The average Bonchev–Trinajstić information content (AvgIpc) is 3.21. The molecule has 1 aliphatic heterocycles. The third-order valence-electron chi connectivity index (χ3n) is 5.69. The third-order valence-corrected chi connectivity index (χ3v) is 6.24. The first-order valence-corrected chi connectivity index (χ1v) is 11.6. The molecule has 2 atom stereocenters. The molecule has 3 heterocycles. The van der Waals surface area contributed by atoms with Gasteiger partial charge >= 0.3 is 0 Å². The van der Waals surface area contributed by atoms with E-state index in [1.807, 2.05) is 13.8 Å². The van der Waals surface area contributed by atoms with Crippen LogP contribution in [0, 0.1) is 0 Å². The molecule has 0 radical (unpaired) electrons. The van der Waals surface area contributed by atoms with Crippen LogP contribution in [-0.2, 0) is 18.2 Å². The summed E-state index contributed by atoms with van der Waals surface area (Å²) in [6.07, 6.45) is 3.99. The SMILES string of the molecule is CCO[C@@H]1CN(c2ncccn2)C[C@H]1Nc1c(CC)nc(-c2ccc(Cl)cc2Cl)c(=O)n1C. The van der Waals surface area contributed by atoms with Crippen molar-refractivity contribution in [2.75, 3.05) is 29.9 Å². The van der Waals surface area contributed by atoms with E-state index in [-0.39, 0.29) is 17.7 Å². The molecule has 0 amide bonds. The summed E-state index contributed by atoms with van der Waals surface area (Å²) in [4.78, 5) is 28.8. The lowest BCUT2D eigenvalue weighted by molar-refractivity contribution is 0.0718.